The molecule has 0 spiro atoms. The van der Waals surface area contributed by atoms with E-state index in [4.69, 9.17) is 20.2 Å². The number of carboxylic acids is 1. The number of aliphatic hydroxyl groups excluding tert-OH is 1. The summed E-state index contributed by atoms with van der Waals surface area (Å²) < 4.78 is 11.2. The second kappa shape index (κ2) is 7.64. The number of rotatable bonds is 8. The molecule has 0 unspecified atom stereocenters. The molecular weight excluding hydrogens is 409 g/mol. The van der Waals surface area contributed by atoms with Crippen molar-refractivity contribution in [1.82, 2.24) is 10.2 Å². The minimum atomic E-state index is -3.10. The zero-order chi connectivity index (χ0) is 22.6. The Morgan fingerprint density at radius 1 is 1.39 bits per heavy atom. The highest BCUT2D eigenvalue weighted by atomic mass is 16.6. The number of benzene rings is 1. The van der Waals surface area contributed by atoms with Crippen LogP contribution in [0.4, 0.5) is 0 Å². The van der Waals surface area contributed by atoms with Gasteiger partial charge in [-0.2, -0.15) is 0 Å². The molecule has 1 aromatic rings. The molecule has 2 fully saturated rings. The number of carbonyl (C=O) groups is 2. The van der Waals surface area contributed by atoms with E-state index in [-0.39, 0.29) is 54.7 Å². The van der Waals surface area contributed by atoms with Gasteiger partial charge in [0.05, 0.1) is 12.4 Å². The molecule has 7 N–H and O–H groups in total. The molecule has 3 atom stereocenters. The third-order valence-electron chi connectivity index (χ3n) is 6.14. The number of nitrogens with zero attached hydrogens (tertiary/aromatic N) is 1. The highest BCUT2D eigenvalue weighted by molar-refractivity contribution is 6.62. The Morgan fingerprint density at radius 2 is 2.10 bits per heavy atom. The number of amides is 1. The van der Waals surface area contributed by atoms with Crippen molar-refractivity contribution in [2.75, 3.05) is 32.8 Å². The van der Waals surface area contributed by atoms with Gasteiger partial charge >= 0.3 is 12.7 Å². The topological polar surface area (TPSA) is 175 Å². The van der Waals surface area contributed by atoms with E-state index in [2.05, 4.69) is 5.32 Å². The Hall–Kier alpha value is -2.38. The van der Waals surface area contributed by atoms with Crippen LogP contribution in [-0.4, -0.2) is 88.2 Å². The minimum Gasteiger partial charge on any atom is -0.669 e. The van der Waals surface area contributed by atoms with Gasteiger partial charge < -0.3 is 40.7 Å². The van der Waals surface area contributed by atoms with Gasteiger partial charge in [0.2, 0.25) is 5.91 Å². The number of nitrogens with two attached hydrogens (primary N) is 1. The van der Waals surface area contributed by atoms with Crippen molar-refractivity contribution < 1.29 is 39.2 Å². The van der Waals surface area contributed by atoms with E-state index in [0.717, 1.165) is 0 Å². The molecular formula is C19H27BN3O8-. The van der Waals surface area contributed by atoms with E-state index in [1.807, 2.05) is 4.90 Å². The van der Waals surface area contributed by atoms with E-state index >= 15 is 0 Å². The van der Waals surface area contributed by atoms with Crippen molar-refractivity contribution >= 4 is 18.6 Å². The molecule has 0 aromatic heterocycles. The summed E-state index contributed by atoms with van der Waals surface area (Å²) in [6.45, 7) is -0.396. The van der Waals surface area contributed by atoms with Crippen LogP contribution in [0.3, 0.4) is 0 Å². The fourth-order valence-corrected chi connectivity index (χ4v) is 4.43. The normalized spacial score (nSPS) is 25.8. The van der Waals surface area contributed by atoms with Crippen molar-refractivity contribution in [2.24, 2.45) is 5.73 Å². The molecule has 1 saturated heterocycles. The Bertz CT molecular complexity index is 902. The van der Waals surface area contributed by atoms with Crippen molar-refractivity contribution in [1.29, 1.82) is 0 Å². The second-order valence-electron chi connectivity index (χ2n) is 8.88. The maximum absolute atomic E-state index is 12.1. The van der Waals surface area contributed by atoms with Crippen LogP contribution >= 0.6 is 0 Å². The van der Waals surface area contributed by atoms with Crippen LogP contribution in [0.1, 0.15) is 35.2 Å². The predicted octanol–water partition coefficient (Wildman–Crippen LogP) is -1.55. The summed E-state index contributed by atoms with van der Waals surface area (Å²) in [5.74, 6) is -2.12. The quantitative estimate of drug-likeness (QED) is 0.262. The molecule has 3 aliphatic rings. The Morgan fingerprint density at radius 3 is 2.74 bits per heavy atom. The Balaban J connectivity index is 1.41. The van der Waals surface area contributed by atoms with Crippen LogP contribution in [0.5, 0.6) is 11.5 Å². The number of fused-ring (bicyclic) bond motifs is 3. The SMILES string of the molecule is C[C@@](N)(CN1CC(Oc2ccc3c(c2C(=O)O)O[B-](O)(O)[C@@H]2C[C@H]32)C1)C(=O)NCCO. The van der Waals surface area contributed by atoms with Gasteiger partial charge in [0.25, 0.3) is 0 Å². The fourth-order valence-electron chi connectivity index (χ4n) is 4.43. The van der Waals surface area contributed by atoms with Crippen LogP contribution in [0.25, 0.3) is 0 Å². The molecule has 170 valence electrons. The summed E-state index contributed by atoms with van der Waals surface area (Å²) in [6, 6.07) is 3.29. The van der Waals surface area contributed by atoms with Gasteiger partial charge in [0, 0.05) is 26.2 Å². The number of ether oxygens (including phenoxy) is 1. The van der Waals surface area contributed by atoms with Crippen LogP contribution in [0.15, 0.2) is 12.1 Å². The molecule has 1 amide bonds. The van der Waals surface area contributed by atoms with Gasteiger partial charge in [0.1, 0.15) is 23.0 Å². The summed E-state index contributed by atoms with van der Waals surface area (Å²) >= 11 is 0. The Kier molecular flexibility index (Phi) is 5.38. The predicted molar refractivity (Wildman–Crippen MR) is 109 cm³/mol. The molecule has 31 heavy (non-hydrogen) atoms. The first-order valence-corrected chi connectivity index (χ1v) is 10.3. The summed E-state index contributed by atoms with van der Waals surface area (Å²) in [5.41, 5.74) is 5.36. The average molecular weight is 436 g/mol. The first-order chi connectivity index (χ1) is 14.5. The number of likely N-dealkylation sites (tertiary alicyclic amines) is 1. The molecule has 11 nitrogen and oxygen atoms in total. The molecule has 2 aliphatic heterocycles. The van der Waals surface area contributed by atoms with Crippen LogP contribution < -0.4 is 20.4 Å². The van der Waals surface area contributed by atoms with Crippen molar-refractivity contribution in [2.45, 2.75) is 36.7 Å². The number of hydrogen-bond donors (Lipinski definition) is 6. The van der Waals surface area contributed by atoms with Crippen LogP contribution in [-0.2, 0) is 4.79 Å². The standard InChI is InChI=1S/C19H27BN3O8/c1-19(21,18(27)22-4-5-24)9-23-7-10(8-23)30-14-3-2-11-12-6-13(12)20(28,29)31-16(11)15(14)17(25)26/h2-3,10,12-13,24,28-29H,4-9,21H2,1H3,(H,22,27)(H,25,26)/q-1/t12-,13-,19-/m1/s1. The zero-order valence-electron chi connectivity index (χ0n) is 17.2. The van der Waals surface area contributed by atoms with E-state index in [9.17, 15) is 24.7 Å². The molecule has 4 rings (SSSR count). The van der Waals surface area contributed by atoms with Crippen molar-refractivity contribution in [3.63, 3.8) is 0 Å². The number of hydrogen-bond acceptors (Lipinski definition) is 9. The lowest BCUT2D eigenvalue weighted by atomic mass is 9.68. The summed E-state index contributed by atoms with van der Waals surface area (Å²) in [7, 11) is 0. The molecule has 1 saturated carbocycles. The largest absolute Gasteiger partial charge is 0.669 e. The van der Waals surface area contributed by atoms with Gasteiger partial charge in [0.15, 0.2) is 0 Å². The number of carbonyl (C=O) groups excluding carboxylic acids is 1. The summed E-state index contributed by atoms with van der Waals surface area (Å²) in [6.07, 6.45) is 0.226. The van der Waals surface area contributed by atoms with E-state index in [0.29, 0.717) is 25.1 Å². The molecule has 2 heterocycles. The number of carboxylic acid groups (broad SMARTS) is 1. The summed E-state index contributed by atoms with van der Waals surface area (Å²) in [4.78, 5) is 25.9. The van der Waals surface area contributed by atoms with Gasteiger partial charge in [-0.05, 0) is 24.5 Å². The van der Waals surface area contributed by atoms with Gasteiger partial charge in [-0.1, -0.05) is 18.3 Å². The third kappa shape index (κ3) is 4.09. The van der Waals surface area contributed by atoms with E-state index < -0.39 is 24.1 Å². The first-order valence-electron chi connectivity index (χ1n) is 10.3. The van der Waals surface area contributed by atoms with E-state index in [1.54, 1.807) is 19.1 Å². The first kappa shape index (κ1) is 21.8. The number of nitrogens with one attached hydrogen (secondary N) is 1. The molecule has 1 aromatic carbocycles. The maximum atomic E-state index is 12.1. The minimum absolute atomic E-state index is 0.0417. The van der Waals surface area contributed by atoms with E-state index in [1.165, 1.54) is 0 Å². The lowest BCUT2D eigenvalue weighted by molar-refractivity contribution is -0.127. The second-order valence-corrected chi connectivity index (χ2v) is 8.88. The van der Waals surface area contributed by atoms with Crippen molar-refractivity contribution in [3.05, 3.63) is 23.3 Å². The maximum Gasteiger partial charge on any atom is 0.434 e. The number of aliphatic hydroxyl groups is 1. The van der Waals surface area contributed by atoms with Gasteiger partial charge in [-0.15, -0.1) is 0 Å². The zero-order valence-corrected chi connectivity index (χ0v) is 17.2. The van der Waals surface area contributed by atoms with Crippen LogP contribution in [0.2, 0.25) is 5.82 Å². The smallest absolute Gasteiger partial charge is 0.434 e. The molecule has 0 bridgehead atoms. The van der Waals surface area contributed by atoms with Gasteiger partial charge in [-0.3, -0.25) is 9.69 Å². The molecule has 0 radical (unpaired) electrons. The lowest BCUT2D eigenvalue weighted by Gasteiger charge is -2.43. The molecule has 12 heteroatoms. The molecule has 1 aliphatic carbocycles. The number of aromatic carboxylic acids is 1. The highest BCUT2D eigenvalue weighted by Gasteiger charge is 2.55. The van der Waals surface area contributed by atoms with Crippen LogP contribution in [0, 0.1) is 0 Å². The van der Waals surface area contributed by atoms with Gasteiger partial charge in [-0.25, -0.2) is 4.79 Å². The fraction of sp³-hybridized carbons (Fsp3) is 0.579. The summed E-state index contributed by atoms with van der Waals surface area (Å²) in [5, 5.41) is 41.3. The Labute approximate surface area is 178 Å². The van der Waals surface area contributed by atoms with Crippen molar-refractivity contribution in [3.8, 4) is 11.5 Å². The highest BCUT2D eigenvalue weighted by Crippen LogP contribution is 2.63. The lowest BCUT2D eigenvalue weighted by Crippen LogP contribution is -2.64. The average Bonchev–Trinajstić information content (AvgIpc) is 3.45. The third-order valence-corrected chi connectivity index (χ3v) is 6.14. The monoisotopic (exact) mass is 436 g/mol.